The summed E-state index contributed by atoms with van der Waals surface area (Å²) in [4.78, 5) is 41.3. The number of aliphatic carboxylic acids is 4. The molecule has 0 amide bonds. The molecular weight excluding hydrogens is 708 g/mol. The molecule has 2 rings (SSSR count). The van der Waals surface area contributed by atoms with E-state index in [0.717, 1.165) is 44.6 Å². The molecule has 0 aromatic carbocycles. The van der Waals surface area contributed by atoms with Crippen molar-refractivity contribution in [1.29, 1.82) is 0 Å². The maximum atomic E-state index is 10.6. The van der Waals surface area contributed by atoms with Crippen LogP contribution in [-0.2, 0) is 19.2 Å². The smallest absolute Gasteiger partial charge is 0.351 e. The fourth-order valence-corrected chi connectivity index (χ4v) is 4.48. The lowest BCUT2D eigenvalue weighted by atomic mass is 9.87. The van der Waals surface area contributed by atoms with E-state index in [9.17, 15) is 19.2 Å². The first-order valence-electron chi connectivity index (χ1n) is 18.5. The van der Waals surface area contributed by atoms with E-state index in [1.807, 2.05) is 6.20 Å². The van der Waals surface area contributed by atoms with Crippen LogP contribution in [0, 0.1) is 35.8 Å². The van der Waals surface area contributed by atoms with Crippen LogP contribution in [-0.4, -0.2) is 85.8 Å². The zero-order chi connectivity index (χ0) is 41.9. The monoisotopic (exact) mass is 770 g/mol. The van der Waals surface area contributed by atoms with Crippen LogP contribution in [0.25, 0.3) is 0 Å². The predicted molar refractivity (Wildman–Crippen MR) is 217 cm³/mol. The molecule has 1 saturated carbocycles. The molecular formula is C39H62N8O8. The van der Waals surface area contributed by atoms with Crippen LogP contribution >= 0.6 is 0 Å². The van der Waals surface area contributed by atoms with Crippen molar-refractivity contribution in [2.75, 3.05) is 13.6 Å². The van der Waals surface area contributed by atoms with Crippen LogP contribution in [0.3, 0.4) is 0 Å². The zero-order valence-electron chi connectivity index (χ0n) is 33.5. The highest BCUT2D eigenvalue weighted by Gasteiger charge is 2.11. The molecule has 2 aliphatic carbocycles. The molecule has 1 unspecified atom stereocenters. The van der Waals surface area contributed by atoms with Gasteiger partial charge in [-0.25, -0.2) is 30.0 Å². The average molecular weight is 771 g/mol. The van der Waals surface area contributed by atoms with E-state index < -0.39 is 23.9 Å². The SMILES string of the molecule is CC#CNN=C(C)C(=O)O.CC(=NN(C)C=CCC1CCCCC1)C(=O)O.CC(=NNCCC1C=CCCC1)C(=O)O.CCCCC#CNN=C(C)C(=O)O. The molecule has 16 heteroatoms. The Hall–Kier alpha value is -5.64. The predicted octanol–water partition coefficient (Wildman–Crippen LogP) is 5.85. The van der Waals surface area contributed by atoms with Crippen molar-refractivity contribution in [3.63, 3.8) is 0 Å². The molecule has 0 spiro atoms. The third kappa shape index (κ3) is 32.7. The van der Waals surface area contributed by atoms with E-state index >= 15 is 0 Å². The minimum absolute atomic E-state index is 0.00444. The Morgan fingerprint density at radius 2 is 1.36 bits per heavy atom. The standard InChI is InChI=1S/C13H22N2O2.C11H18N2O2.C9H14N2O2.C6H8N2O2/c1-11(13(16)17)14-15(2)10-6-9-12-7-4-3-5-8-12;1-9(11(14)15)13-12-8-7-10-5-3-2-4-6-10;1-3-4-5-6-7-10-11-8(2)9(12)13;1-3-4-7-8-5(2)6(9)10/h6,10,12H,3-5,7-9H2,1-2H3,(H,16,17);3,5,10,12H,2,4,6-8H2,1H3,(H,14,15);10H,3-5H2,1-2H3,(H,12,13);7H,1-2H3,(H,9,10). The summed E-state index contributed by atoms with van der Waals surface area (Å²) in [6.07, 6.45) is 23.9. The van der Waals surface area contributed by atoms with Crippen LogP contribution in [0.5, 0.6) is 0 Å². The third-order valence-corrected chi connectivity index (χ3v) is 7.72. The first-order chi connectivity index (χ1) is 26.2. The van der Waals surface area contributed by atoms with Gasteiger partial charge in [0.1, 0.15) is 22.8 Å². The molecule has 0 heterocycles. The second kappa shape index (κ2) is 34.1. The second-order valence-corrected chi connectivity index (χ2v) is 12.5. The molecule has 7 N–H and O–H groups in total. The van der Waals surface area contributed by atoms with Crippen molar-refractivity contribution < 1.29 is 39.6 Å². The minimum Gasteiger partial charge on any atom is -0.477 e. The number of carbonyl (C=O) groups is 4. The fourth-order valence-electron chi connectivity index (χ4n) is 4.48. The second-order valence-electron chi connectivity index (χ2n) is 12.5. The van der Waals surface area contributed by atoms with Crippen molar-refractivity contribution in [2.45, 2.75) is 125 Å². The Morgan fingerprint density at radius 1 is 0.800 bits per heavy atom. The normalized spacial score (nSPS) is 15.7. The Balaban J connectivity index is 0. The van der Waals surface area contributed by atoms with Gasteiger partial charge in [0.25, 0.3) is 0 Å². The van der Waals surface area contributed by atoms with E-state index in [0.29, 0.717) is 5.92 Å². The van der Waals surface area contributed by atoms with Crippen LogP contribution in [0.15, 0.2) is 44.8 Å². The largest absolute Gasteiger partial charge is 0.477 e. The van der Waals surface area contributed by atoms with E-state index in [1.165, 1.54) is 79.1 Å². The molecule has 0 radical (unpaired) electrons. The van der Waals surface area contributed by atoms with Crippen LogP contribution < -0.4 is 16.3 Å². The van der Waals surface area contributed by atoms with Crippen LogP contribution in [0.2, 0.25) is 0 Å². The number of hydrogen-bond acceptors (Lipinski definition) is 12. The fraction of sp³-hybridized carbons (Fsp3) is 0.590. The summed E-state index contributed by atoms with van der Waals surface area (Å²) in [6.45, 7) is 10.2. The Kier molecular flexibility index (Phi) is 32.0. The Labute approximate surface area is 326 Å². The number of rotatable bonds is 16. The lowest BCUT2D eigenvalue weighted by Crippen LogP contribution is -2.18. The van der Waals surface area contributed by atoms with Gasteiger partial charge in [0.2, 0.25) is 0 Å². The van der Waals surface area contributed by atoms with Crippen molar-refractivity contribution >= 4 is 46.7 Å². The van der Waals surface area contributed by atoms with Gasteiger partial charge in [0, 0.05) is 38.3 Å². The molecule has 0 aliphatic heterocycles. The van der Waals surface area contributed by atoms with Crippen molar-refractivity contribution in [3.8, 4) is 23.9 Å². The maximum Gasteiger partial charge on any atom is 0.351 e. The summed E-state index contributed by atoms with van der Waals surface area (Å²) in [7, 11) is 1.75. The number of hydrazone groups is 4. The summed E-state index contributed by atoms with van der Waals surface area (Å²) in [5.74, 6) is 2.72. The van der Waals surface area contributed by atoms with Gasteiger partial charge in [0.15, 0.2) is 0 Å². The first kappa shape index (κ1) is 51.5. The van der Waals surface area contributed by atoms with Gasteiger partial charge in [-0.3, -0.25) is 5.01 Å². The van der Waals surface area contributed by atoms with Gasteiger partial charge >= 0.3 is 23.9 Å². The lowest BCUT2D eigenvalue weighted by molar-refractivity contribution is -0.130. The highest BCUT2D eigenvalue weighted by atomic mass is 16.4. The summed E-state index contributed by atoms with van der Waals surface area (Å²) in [5, 5.41) is 50.1. The van der Waals surface area contributed by atoms with Crippen molar-refractivity contribution in [1.82, 2.24) is 21.3 Å². The molecule has 1 fully saturated rings. The molecule has 0 aromatic heterocycles. The Bertz CT molecular complexity index is 1470. The van der Waals surface area contributed by atoms with Gasteiger partial charge in [-0.1, -0.05) is 75.5 Å². The van der Waals surface area contributed by atoms with Crippen LogP contribution in [0.4, 0.5) is 0 Å². The van der Waals surface area contributed by atoms with E-state index in [1.54, 1.807) is 19.0 Å². The minimum atomic E-state index is -1.05. The summed E-state index contributed by atoms with van der Waals surface area (Å²) >= 11 is 0. The number of allylic oxidation sites excluding steroid dienone is 3. The molecule has 306 valence electrons. The topological polar surface area (TPSA) is 238 Å². The first-order valence-corrected chi connectivity index (χ1v) is 18.5. The lowest BCUT2D eigenvalue weighted by Gasteiger charge is -2.19. The highest BCUT2D eigenvalue weighted by molar-refractivity contribution is 6.35. The molecule has 16 nitrogen and oxygen atoms in total. The van der Waals surface area contributed by atoms with Gasteiger partial charge in [0.05, 0.1) is 0 Å². The third-order valence-electron chi connectivity index (χ3n) is 7.72. The number of nitrogens with zero attached hydrogens (tertiary/aromatic N) is 5. The Morgan fingerprint density at radius 3 is 1.87 bits per heavy atom. The van der Waals surface area contributed by atoms with Crippen molar-refractivity contribution in [3.05, 3.63) is 24.4 Å². The van der Waals surface area contributed by atoms with E-state index in [-0.39, 0.29) is 22.8 Å². The van der Waals surface area contributed by atoms with E-state index in [2.05, 4.69) is 85.8 Å². The van der Waals surface area contributed by atoms with Gasteiger partial charge in [-0.05, 0) is 85.0 Å². The number of carboxylic acids is 4. The average Bonchev–Trinajstić information content (AvgIpc) is 3.16. The maximum absolute atomic E-state index is 10.6. The summed E-state index contributed by atoms with van der Waals surface area (Å²) in [5.41, 5.74) is 7.63. The zero-order valence-corrected chi connectivity index (χ0v) is 33.5. The van der Waals surface area contributed by atoms with Gasteiger partial charge in [-0.15, -0.1) is 0 Å². The molecule has 0 aromatic rings. The summed E-state index contributed by atoms with van der Waals surface area (Å²) in [6, 6.07) is 4.94. The van der Waals surface area contributed by atoms with Gasteiger partial charge < -0.3 is 25.9 Å². The molecule has 0 bridgehead atoms. The number of unbranched alkanes of at least 4 members (excludes halogenated alkanes) is 2. The van der Waals surface area contributed by atoms with Crippen molar-refractivity contribution in [2.24, 2.45) is 32.2 Å². The number of hydrogen-bond donors (Lipinski definition) is 7. The molecule has 55 heavy (non-hydrogen) atoms. The number of carboxylic acid groups (broad SMARTS) is 4. The highest BCUT2D eigenvalue weighted by Crippen LogP contribution is 2.26. The molecule has 1 atom stereocenters. The quantitative estimate of drug-likeness (QED) is 0.0244. The van der Waals surface area contributed by atoms with E-state index in [4.69, 9.17) is 20.4 Å². The molecule has 2 aliphatic rings. The molecule has 0 saturated heterocycles. The van der Waals surface area contributed by atoms with Crippen LogP contribution in [0.1, 0.15) is 125 Å². The van der Waals surface area contributed by atoms with Gasteiger partial charge in [-0.2, -0.15) is 20.4 Å². The number of nitrogens with one attached hydrogen (secondary N) is 3. The summed E-state index contributed by atoms with van der Waals surface area (Å²) < 4.78 is 0.